The molecule has 1 heterocycles. The van der Waals surface area contributed by atoms with Gasteiger partial charge >= 0.3 is 0 Å². The Balaban J connectivity index is 1.52. The van der Waals surface area contributed by atoms with Crippen LogP contribution in [-0.2, 0) is 16.0 Å². The molecule has 0 radical (unpaired) electrons. The summed E-state index contributed by atoms with van der Waals surface area (Å²) in [5.74, 6) is 0.248. The molecule has 4 rings (SSSR count). The second kappa shape index (κ2) is 8.08. The van der Waals surface area contributed by atoms with E-state index in [4.69, 9.17) is 4.74 Å². The quantitative estimate of drug-likeness (QED) is 0.864. The van der Waals surface area contributed by atoms with Crippen LogP contribution in [-0.4, -0.2) is 28.9 Å². The second-order valence-corrected chi connectivity index (χ2v) is 8.40. The molecule has 1 aromatic heterocycles. The number of rotatable bonds is 4. The van der Waals surface area contributed by atoms with Gasteiger partial charge < -0.3 is 10.1 Å². The summed E-state index contributed by atoms with van der Waals surface area (Å²) in [6.45, 7) is 4.26. The SMILES string of the molecule is CO[C@@H]1CCC[C@H](C(=O)N[C@H]2CCCc3c2cnn3-c2ccc(C)c(C)c2)C1. The van der Waals surface area contributed by atoms with Crippen molar-refractivity contribution in [1.82, 2.24) is 15.1 Å². The van der Waals surface area contributed by atoms with E-state index >= 15 is 0 Å². The number of benzene rings is 1. The first kappa shape index (κ1) is 19.2. The highest BCUT2D eigenvalue weighted by Crippen LogP contribution is 2.33. The topological polar surface area (TPSA) is 56.1 Å². The smallest absolute Gasteiger partial charge is 0.223 e. The van der Waals surface area contributed by atoms with Crippen LogP contribution in [0.3, 0.4) is 0 Å². The largest absolute Gasteiger partial charge is 0.381 e. The van der Waals surface area contributed by atoms with Crippen LogP contribution in [0.1, 0.15) is 67.0 Å². The van der Waals surface area contributed by atoms with Gasteiger partial charge in [0.25, 0.3) is 0 Å². The van der Waals surface area contributed by atoms with Crippen molar-refractivity contribution in [2.75, 3.05) is 7.11 Å². The van der Waals surface area contributed by atoms with E-state index in [0.717, 1.165) is 50.6 Å². The first-order valence-electron chi connectivity index (χ1n) is 10.5. The number of nitrogens with one attached hydrogen (secondary N) is 1. The van der Waals surface area contributed by atoms with Crippen LogP contribution in [0, 0.1) is 19.8 Å². The zero-order chi connectivity index (χ0) is 19.7. The lowest BCUT2D eigenvalue weighted by Gasteiger charge is -2.30. The molecule has 28 heavy (non-hydrogen) atoms. The highest BCUT2D eigenvalue weighted by Gasteiger charge is 2.31. The Labute approximate surface area is 167 Å². The molecule has 1 saturated carbocycles. The molecule has 1 amide bonds. The zero-order valence-corrected chi connectivity index (χ0v) is 17.2. The number of amides is 1. The maximum atomic E-state index is 12.9. The second-order valence-electron chi connectivity index (χ2n) is 8.40. The molecule has 1 fully saturated rings. The summed E-state index contributed by atoms with van der Waals surface area (Å²) in [5, 5.41) is 8.01. The van der Waals surface area contributed by atoms with Crippen LogP contribution in [0.15, 0.2) is 24.4 Å². The summed E-state index contributed by atoms with van der Waals surface area (Å²) in [4.78, 5) is 12.9. The third-order valence-electron chi connectivity index (χ3n) is 6.56. The molecule has 2 aliphatic carbocycles. The number of carbonyl (C=O) groups excluding carboxylic acids is 1. The number of carbonyl (C=O) groups is 1. The van der Waals surface area contributed by atoms with Gasteiger partial charge in [-0.3, -0.25) is 4.79 Å². The summed E-state index contributed by atoms with van der Waals surface area (Å²) < 4.78 is 7.55. The molecule has 0 bridgehead atoms. The van der Waals surface area contributed by atoms with E-state index in [0.29, 0.717) is 0 Å². The van der Waals surface area contributed by atoms with Gasteiger partial charge in [-0.15, -0.1) is 0 Å². The summed E-state index contributed by atoms with van der Waals surface area (Å²) >= 11 is 0. The van der Waals surface area contributed by atoms with Crippen LogP contribution in [0.4, 0.5) is 0 Å². The maximum Gasteiger partial charge on any atom is 0.223 e. The van der Waals surface area contributed by atoms with Crippen molar-refractivity contribution >= 4 is 5.91 Å². The lowest BCUT2D eigenvalue weighted by molar-refractivity contribution is -0.128. The minimum Gasteiger partial charge on any atom is -0.381 e. The standard InChI is InChI=1S/C23H31N3O2/c1-15-10-11-18(12-16(15)2)26-22-9-5-8-21(20(22)14-24-26)25-23(27)17-6-4-7-19(13-17)28-3/h10-12,14,17,19,21H,4-9,13H2,1-3H3,(H,25,27)/t17-,19+,21-/m0/s1. The van der Waals surface area contributed by atoms with E-state index in [-0.39, 0.29) is 24.0 Å². The number of hydrogen-bond donors (Lipinski definition) is 1. The first-order valence-corrected chi connectivity index (χ1v) is 10.5. The molecule has 0 aliphatic heterocycles. The van der Waals surface area contributed by atoms with Gasteiger partial charge in [0, 0.05) is 24.3 Å². The number of aryl methyl sites for hydroxylation is 2. The van der Waals surface area contributed by atoms with Crippen molar-refractivity contribution in [1.29, 1.82) is 0 Å². The highest BCUT2D eigenvalue weighted by atomic mass is 16.5. The van der Waals surface area contributed by atoms with Gasteiger partial charge in [-0.1, -0.05) is 12.5 Å². The fourth-order valence-electron chi connectivity index (χ4n) is 4.67. The molecule has 2 aromatic rings. The molecular formula is C23H31N3O2. The summed E-state index contributed by atoms with van der Waals surface area (Å²) in [5.41, 5.74) is 6.07. The Kier molecular flexibility index (Phi) is 5.54. The average Bonchev–Trinajstić information content (AvgIpc) is 3.15. The molecule has 0 saturated heterocycles. The molecule has 0 unspecified atom stereocenters. The van der Waals surface area contributed by atoms with E-state index < -0.39 is 0 Å². The molecule has 5 heteroatoms. The molecule has 0 spiro atoms. The Morgan fingerprint density at radius 1 is 1.18 bits per heavy atom. The Hall–Kier alpha value is -2.14. The van der Waals surface area contributed by atoms with Gasteiger partial charge in [0.1, 0.15) is 0 Å². The van der Waals surface area contributed by atoms with Crippen LogP contribution < -0.4 is 5.32 Å². The molecule has 5 nitrogen and oxygen atoms in total. The molecule has 2 aliphatic rings. The number of nitrogens with zero attached hydrogens (tertiary/aromatic N) is 2. The predicted molar refractivity (Wildman–Crippen MR) is 110 cm³/mol. The minimum absolute atomic E-state index is 0.0684. The summed E-state index contributed by atoms with van der Waals surface area (Å²) in [6.07, 6.45) is 9.17. The Bertz CT molecular complexity index is 858. The van der Waals surface area contributed by atoms with Crippen molar-refractivity contribution in [2.45, 2.75) is 70.9 Å². The third kappa shape index (κ3) is 3.72. The van der Waals surface area contributed by atoms with Crippen molar-refractivity contribution in [2.24, 2.45) is 5.92 Å². The van der Waals surface area contributed by atoms with Gasteiger partial charge in [0.05, 0.1) is 24.0 Å². The highest BCUT2D eigenvalue weighted by molar-refractivity contribution is 5.79. The monoisotopic (exact) mass is 381 g/mol. The van der Waals surface area contributed by atoms with Crippen molar-refractivity contribution in [3.63, 3.8) is 0 Å². The Morgan fingerprint density at radius 2 is 2.04 bits per heavy atom. The summed E-state index contributed by atoms with van der Waals surface area (Å²) in [6, 6.07) is 6.54. The van der Waals surface area contributed by atoms with E-state index in [9.17, 15) is 4.79 Å². The fraction of sp³-hybridized carbons (Fsp3) is 0.565. The zero-order valence-electron chi connectivity index (χ0n) is 17.2. The van der Waals surface area contributed by atoms with Crippen LogP contribution in [0.2, 0.25) is 0 Å². The summed E-state index contributed by atoms with van der Waals surface area (Å²) in [7, 11) is 1.75. The number of fused-ring (bicyclic) bond motifs is 1. The van der Waals surface area contributed by atoms with Crippen molar-refractivity contribution in [3.8, 4) is 5.69 Å². The Morgan fingerprint density at radius 3 is 2.82 bits per heavy atom. The van der Waals surface area contributed by atoms with Gasteiger partial charge in [-0.2, -0.15) is 5.10 Å². The fourth-order valence-corrected chi connectivity index (χ4v) is 4.67. The number of hydrogen-bond acceptors (Lipinski definition) is 3. The van der Waals surface area contributed by atoms with E-state index in [1.54, 1.807) is 7.11 Å². The number of ether oxygens (including phenoxy) is 1. The average molecular weight is 382 g/mol. The van der Waals surface area contributed by atoms with Gasteiger partial charge in [-0.05, 0) is 75.6 Å². The first-order chi connectivity index (χ1) is 13.6. The third-order valence-corrected chi connectivity index (χ3v) is 6.56. The lowest BCUT2D eigenvalue weighted by atomic mass is 9.85. The number of methoxy groups -OCH3 is 1. The van der Waals surface area contributed by atoms with E-state index in [1.165, 1.54) is 22.4 Å². The minimum atomic E-state index is 0.0684. The molecule has 3 atom stereocenters. The van der Waals surface area contributed by atoms with Gasteiger partial charge in [0.15, 0.2) is 0 Å². The molecule has 1 N–H and O–H groups in total. The van der Waals surface area contributed by atoms with E-state index in [2.05, 4.69) is 47.1 Å². The van der Waals surface area contributed by atoms with E-state index in [1.807, 2.05) is 6.20 Å². The molecular weight excluding hydrogens is 350 g/mol. The normalized spacial score (nSPS) is 24.6. The van der Waals surface area contributed by atoms with Crippen molar-refractivity contribution < 1.29 is 9.53 Å². The number of aromatic nitrogens is 2. The van der Waals surface area contributed by atoms with Crippen molar-refractivity contribution in [3.05, 3.63) is 46.8 Å². The maximum absolute atomic E-state index is 12.9. The molecule has 1 aromatic carbocycles. The predicted octanol–water partition coefficient (Wildman–Crippen LogP) is 4.19. The van der Waals surface area contributed by atoms with Crippen LogP contribution in [0.25, 0.3) is 5.69 Å². The van der Waals surface area contributed by atoms with Gasteiger partial charge in [-0.25, -0.2) is 4.68 Å². The lowest BCUT2D eigenvalue weighted by Crippen LogP contribution is -2.38. The van der Waals surface area contributed by atoms with Crippen LogP contribution in [0.5, 0.6) is 0 Å². The van der Waals surface area contributed by atoms with Crippen LogP contribution >= 0.6 is 0 Å². The van der Waals surface area contributed by atoms with Gasteiger partial charge in [0.2, 0.25) is 5.91 Å². The molecule has 150 valence electrons.